The Morgan fingerprint density at radius 1 is 1.33 bits per heavy atom. The number of thiophene rings is 1. The molecule has 1 saturated heterocycles. The number of aliphatic imine (C=N–C) groups is 1. The molecule has 1 aliphatic rings. The van der Waals surface area contributed by atoms with Gasteiger partial charge in [-0.15, -0.1) is 35.3 Å². The van der Waals surface area contributed by atoms with Crippen LogP contribution in [0.25, 0.3) is 0 Å². The van der Waals surface area contributed by atoms with Gasteiger partial charge >= 0.3 is 0 Å². The fraction of sp³-hybridized carbons (Fsp3) is 0.429. The lowest BCUT2D eigenvalue weighted by molar-refractivity contribution is 0.0177. The Balaban J connectivity index is 0.00000320. The van der Waals surface area contributed by atoms with E-state index in [1.165, 1.54) is 17.0 Å². The fourth-order valence-corrected chi connectivity index (χ4v) is 4.11. The molecule has 0 amide bonds. The maximum Gasteiger partial charge on any atom is 0.191 e. The Labute approximate surface area is 198 Å². The monoisotopic (exact) mass is 543 g/mol. The third-order valence-electron chi connectivity index (χ3n) is 4.75. The average molecular weight is 543 g/mol. The van der Waals surface area contributed by atoms with Crippen LogP contribution in [0.1, 0.15) is 29.0 Å². The van der Waals surface area contributed by atoms with Crippen molar-refractivity contribution in [3.63, 3.8) is 0 Å². The van der Waals surface area contributed by atoms with Gasteiger partial charge in [-0.25, -0.2) is 9.38 Å². The maximum atomic E-state index is 14.0. The maximum absolute atomic E-state index is 14.0. The molecule has 0 bridgehead atoms. The second kappa shape index (κ2) is 12.8. The Morgan fingerprint density at radius 2 is 2.13 bits per heavy atom. The number of nitriles is 1. The van der Waals surface area contributed by atoms with E-state index in [2.05, 4.69) is 38.0 Å². The summed E-state index contributed by atoms with van der Waals surface area (Å²) in [7, 11) is 0. The van der Waals surface area contributed by atoms with Crippen molar-refractivity contribution in [1.82, 2.24) is 15.5 Å². The highest BCUT2D eigenvalue weighted by molar-refractivity contribution is 14.0. The molecule has 6 nitrogen and oxygen atoms in total. The van der Waals surface area contributed by atoms with Crippen LogP contribution >= 0.6 is 35.3 Å². The molecular formula is C21H27FIN5OS. The molecule has 0 radical (unpaired) electrons. The zero-order chi connectivity index (χ0) is 20.5. The molecule has 2 heterocycles. The van der Waals surface area contributed by atoms with Gasteiger partial charge in [-0.1, -0.05) is 6.07 Å². The fourth-order valence-electron chi connectivity index (χ4n) is 3.24. The largest absolute Gasteiger partial charge is 0.379 e. The van der Waals surface area contributed by atoms with Gasteiger partial charge in [0.1, 0.15) is 5.82 Å². The van der Waals surface area contributed by atoms with E-state index in [4.69, 9.17) is 10.00 Å². The molecule has 1 aromatic carbocycles. The van der Waals surface area contributed by atoms with Crippen molar-refractivity contribution in [3.8, 4) is 6.07 Å². The number of benzene rings is 1. The summed E-state index contributed by atoms with van der Waals surface area (Å²) in [5, 5.41) is 17.7. The molecule has 1 unspecified atom stereocenters. The standard InChI is InChI=1S/C21H26FN5OS.HI/c1-2-24-21(25-14-17-12-16(13-23)5-6-18(17)22)26-15-19(20-4-3-11-29-20)27-7-9-28-10-8-27;/h3-6,11-12,19H,2,7-10,14-15H2,1H3,(H2,24,25,26);1H. The van der Waals surface area contributed by atoms with Gasteiger partial charge in [0, 0.05) is 36.6 Å². The van der Waals surface area contributed by atoms with Crippen LogP contribution in [-0.2, 0) is 11.3 Å². The van der Waals surface area contributed by atoms with Crippen LogP contribution in [0, 0.1) is 17.1 Å². The van der Waals surface area contributed by atoms with Crippen LogP contribution < -0.4 is 10.6 Å². The van der Waals surface area contributed by atoms with Gasteiger partial charge in [-0.3, -0.25) is 4.90 Å². The van der Waals surface area contributed by atoms with Crippen LogP contribution in [0.15, 0.2) is 40.7 Å². The summed E-state index contributed by atoms with van der Waals surface area (Å²) in [6.07, 6.45) is 0. The Kier molecular flexibility index (Phi) is 10.5. The Morgan fingerprint density at radius 3 is 2.80 bits per heavy atom. The highest BCUT2D eigenvalue weighted by Gasteiger charge is 2.23. The first-order chi connectivity index (χ1) is 14.2. The minimum atomic E-state index is -0.353. The van der Waals surface area contributed by atoms with Gasteiger partial charge in [0.15, 0.2) is 5.96 Å². The van der Waals surface area contributed by atoms with E-state index in [0.29, 0.717) is 30.2 Å². The molecule has 2 N–H and O–H groups in total. The third-order valence-corrected chi connectivity index (χ3v) is 5.72. The van der Waals surface area contributed by atoms with Crippen molar-refractivity contribution in [2.24, 2.45) is 4.99 Å². The minimum absolute atomic E-state index is 0. The smallest absolute Gasteiger partial charge is 0.191 e. The topological polar surface area (TPSA) is 72.7 Å². The average Bonchev–Trinajstić information content (AvgIpc) is 3.28. The third kappa shape index (κ3) is 6.91. The van der Waals surface area contributed by atoms with Crippen molar-refractivity contribution in [2.45, 2.75) is 19.5 Å². The number of nitrogens with zero attached hydrogens (tertiary/aromatic N) is 3. The van der Waals surface area contributed by atoms with E-state index in [1.54, 1.807) is 17.4 Å². The summed E-state index contributed by atoms with van der Waals surface area (Å²) >= 11 is 1.74. The lowest BCUT2D eigenvalue weighted by Crippen LogP contribution is -2.46. The quantitative estimate of drug-likeness (QED) is 0.318. The predicted octanol–water partition coefficient (Wildman–Crippen LogP) is 3.51. The van der Waals surface area contributed by atoms with E-state index in [1.807, 2.05) is 13.0 Å². The van der Waals surface area contributed by atoms with E-state index >= 15 is 0 Å². The first-order valence-corrected chi connectivity index (χ1v) is 10.6. The number of morpholine rings is 1. The number of guanidine groups is 1. The lowest BCUT2D eigenvalue weighted by atomic mass is 10.1. The van der Waals surface area contributed by atoms with Crippen LogP contribution in [-0.4, -0.2) is 50.3 Å². The van der Waals surface area contributed by atoms with Crippen molar-refractivity contribution in [2.75, 3.05) is 39.4 Å². The Bertz CT molecular complexity index is 850. The summed E-state index contributed by atoms with van der Waals surface area (Å²) in [5.74, 6) is 0.275. The van der Waals surface area contributed by atoms with Crippen molar-refractivity contribution >= 4 is 41.3 Å². The van der Waals surface area contributed by atoms with Crippen molar-refractivity contribution in [1.29, 1.82) is 5.26 Å². The number of hydrogen-bond acceptors (Lipinski definition) is 5. The zero-order valence-corrected chi connectivity index (χ0v) is 20.1. The molecule has 9 heteroatoms. The van der Waals surface area contributed by atoms with E-state index in [9.17, 15) is 4.39 Å². The highest BCUT2D eigenvalue weighted by Crippen LogP contribution is 2.25. The summed E-state index contributed by atoms with van der Waals surface area (Å²) in [6.45, 7) is 6.81. The zero-order valence-electron chi connectivity index (χ0n) is 16.9. The molecule has 0 spiro atoms. The molecule has 1 aliphatic heterocycles. The summed E-state index contributed by atoms with van der Waals surface area (Å²) < 4.78 is 19.5. The van der Waals surface area contributed by atoms with Crippen LogP contribution in [0.4, 0.5) is 4.39 Å². The molecule has 30 heavy (non-hydrogen) atoms. The first kappa shape index (κ1) is 24.5. The SMILES string of the molecule is CCNC(=NCc1cc(C#N)ccc1F)NCC(c1cccs1)N1CCOCC1.I. The molecule has 162 valence electrons. The van der Waals surface area contributed by atoms with Crippen LogP contribution in [0.3, 0.4) is 0 Å². The van der Waals surface area contributed by atoms with E-state index < -0.39 is 0 Å². The molecule has 1 atom stereocenters. The van der Waals surface area contributed by atoms with E-state index in [-0.39, 0.29) is 42.4 Å². The number of rotatable bonds is 7. The molecule has 1 fully saturated rings. The second-order valence-electron chi connectivity index (χ2n) is 6.67. The normalized spacial score (nSPS) is 15.7. The van der Waals surface area contributed by atoms with Crippen molar-refractivity contribution in [3.05, 3.63) is 57.5 Å². The van der Waals surface area contributed by atoms with Gasteiger partial charge in [-0.2, -0.15) is 5.26 Å². The molecule has 1 aromatic heterocycles. The molecule has 2 aromatic rings. The van der Waals surface area contributed by atoms with Gasteiger partial charge < -0.3 is 15.4 Å². The summed E-state index contributed by atoms with van der Waals surface area (Å²) in [6, 6.07) is 10.8. The lowest BCUT2D eigenvalue weighted by Gasteiger charge is -2.34. The summed E-state index contributed by atoms with van der Waals surface area (Å²) in [5.41, 5.74) is 0.837. The van der Waals surface area contributed by atoms with Gasteiger partial charge in [0.25, 0.3) is 0 Å². The molecule has 0 saturated carbocycles. The molecule has 0 aliphatic carbocycles. The molecule has 3 rings (SSSR count). The minimum Gasteiger partial charge on any atom is -0.379 e. The van der Waals surface area contributed by atoms with Crippen molar-refractivity contribution < 1.29 is 9.13 Å². The predicted molar refractivity (Wildman–Crippen MR) is 129 cm³/mol. The number of ether oxygens (including phenoxy) is 1. The van der Waals surface area contributed by atoms with Gasteiger partial charge in [0.05, 0.1) is 37.4 Å². The van der Waals surface area contributed by atoms with Gasteiger partial charge in [0.2, 0.25) is 0 Å². The highest BCUT2D eigenvalue weighted by atomic mass is 127. The Hall–Kier alpha value is -1.74. The number of nitrogens with one attached hydrogen (secondary N) is 2. The molecular weight excluding hydrogens is 516 g/mol. The summed E-state index contributed by atoms with van der Waals surface area (Å²) in [4.78, 5) is 8.24. The van der Waals surface area contributed by atoms with Crippen LogP contribution in [0.5, 0.6) is 0 Å². The second-order valence-corrected chi connectivity index (χ2v) is 7.65. The van der Waals surface area contributed by atoms with Gasteiger partial charge in [-0.05, 0) is 36.6 Å². The first-order valence-electron chi connectivity index (χ1n) is 9.77. The number of halogens is 2. The number of hydrogen-bond donors (Lipinski definition) is 2. The van der Waals surface area contributed by atoms with E-state index in [0.717, 1.165) is 26.3 Å². The van der Waals surface area contributed by atoms with Crippen LogP contribution in [0.2, 0.25) is 0 Å².